The van der Waals surface area contributed by atoms with Crippen molar-refractivity contribution in [3.8, 4) is 0 Å². The fourth-order valence-corrected chi connectivity index (χ4v) is 1.90. The number of hydrogen-bond acceptors (Lipinski definition) is 4. The van der Waals surface area contributed by atoms with Gasteiger partial charge in [-0.3, -0.25) is 9.59 Å². The first-order valence-electron chi connectivity index (χ1n) is 6.29. The van der Waals surface area contributed by atoms with Crippen molar-refractivity contribution in [1.82, 2.24) is 5.06 Å². The van der Waals surface area contributed by atoms with Gasteiger partial charge in [0.25, 0.3) is 11.8 Å². The highest BCUT2D eigenvalue weighted by Crippen LogP contribution is 2.16. The summed E-state index contributed by atoms with van der Waals surface area (Å²) in [6.07, 6.45) is 0.478. The maximum atomic E-state index is 12.8. The molecular weight excluding hydrogens is 265 g/mol. The van der Waals surface area contributed by atoms with Gasteiger partial charge in [0.15, 0.2) is 0 Å². The van der Waals surface area contributed by atoms with Crippen LogP contribution in [0.25, 0.3) is 0 Å². The van der Waals surface area contributed by atoms with E-state index in [9.17, 15) is 18.8 Å². The SMILES string of the molecule is CC(Cc1ccc(F)cc1)C(=O)ON1C(=O)CCC1=O. The third kappa shape index (κ3) is 3.20. The van der Waals surface area contributed by atoms with Crippen LogP contribution >= 0.6 is 0 Å². The summed E-state index contributed by atoms with van der Waals surface area (Å²) < 4.78 is 12.8. The van der Waals surface area contributed by atoms with E-state index in [4.69, 9.17) is 4.84 Å². The predicted molar refractivity (Wildman–Crippen MR) is 66.4 cm³/mol. The Bertz CT molecular complexity index is 525. The number of hydrogen-bond donors (Lipinski definition) is 0. The van der Waals surface area contributed by atoms with Gasteiger partial charge in [-0.05, 0) is 24.1 Å². The van der Waals surface area contributed by atoms with E-state index >= 15 is 0 Å². The number of amides is 2. The summed E-state index contributed by atoms with van der Waals surface area (Å²) in [4.78, 5) is 39.3. The third-order valence-corrected chi connectivity index (χ3v) is 3.04. The summed E-state index contributed by atoms with van der Waals surface area (Å²) in [7, 11) is 0. The summed E-state index contributed by atoms with van der Waals surface area (Å²) in [5, 5.41) is 0.531. The van der Waals surface area contributed by atoms with Crippen molar-refractivity contribution >= 4 is 17.8 Å². The molecule has 1 heterocycles. The van der Waals surface area contributed by atoms with E-state index < -0.39 is 23.7 Å². The zero-order chi connectivity index (χ0) is 14.7. The zero-order valence-corrected chi connectivity index (χ0v) is 11.0. The maximum Gasteiger partial charge on any atom is 0.336 e. The van der Waals surface area contributed by atoms with Gasteiger partial charge in [-0.2, -0.15) is 0 Å². The van der Waals surface area contributed by atoms with E-state index in [1.807, 2.05) is 0 Å². The number of imide groups is 1. The summed E-state index contributed by atoms with van der Waals surface area (Å²) in [6, 6.07) is 5.76. The van der Waals surface area contributed by atoms with Crippen molar-refractivity contribution in [1.29, 1.82) is 0 Å². The van der Waals surface area contributed by atoms with Crippen molar-refractivity contribution in [2.75, 3.05) is 0 Å². The van der Waals surface area contributed by atoms with Gasteiger partial charge in [-0.15, -0.1) is 5.06 Å². The Balaban J connectivity index is 1.93. The average Bonchev–Trinajstić information content (AvgIpc) is 2.73. The Kier molecular flexibility index (Phi) is 4.12. The lowest BCUT2D eigenvalue weighted by Crippen LogP contribution is -2.34. The fraction of sp³-hybridized carbons (Fsp3) is 0.357. The number of benzene rings is 1. The van der Waals surface area contributed by atoms with Crippen LogP contribution in [0, 0.1) is 11.7 Å². The topological polar surface area (TPSA) is 63.7 Å². The first-order valence-corrected chi connectivity index (χ1v) is 6.29. The minimum absolute atomic E-state index is 0.0679. The summed E-state index contributed by atoms with van der Waals surface area (Å²) >= 11 is 0. The molecule has 1 fully saturated rings. The van der Waals surface area contributed by atoms with Crippen LogP contribution in [0.5, 0.6) is 0 Å². The Hall–Kier alpha value is -2.24. The van der Waals surface area contributed by atoms with Crippen LogP contribution < -0.4 is 0 Å². The Morgan fingerprint density at radius 2 is 1.80 bits per heavy atom. The Morgan fingerprint density at radius 1 is 1.25 bits per heavy atom. The average molecular weight is 279 g/mol. The molecule has 1 aromatic rings. The summed E-state index contributed by atoms with van der Waals surface area (Å²) in [5.74, 6) is -2.55. The second-order valence-electron chi connectivity index (χ2n) is 4.72. The molecule has 1 aliphatic rings. The lowest BCUT2D eigenvalue weighted by molar-refractivity contribution is -0.200. The van der Waals surface area contributed by atoms with E-state index in [-0.39, 0.29) is 18.7 Å². The molecule has 1 aromatic carbocycles. The van der Waals surface area contributed by atoms with Crippen LogP contribution in [0.2, 0.25) is 0 Å². The lowest BCUT2D eigenvalue weighted by atomic mass is 10.0. The van der Waals surface area contributed by atoms with E-state index in [1.54, 1.807) is 19.1 Å². The molecule has 20 heavy (non-hydrogen) atoms. The van der Waals surface area contributed by atoms with Crippen LogP contribution in [-0.4, -0.2) is 22.8 Å². The first kappa shape index (κ1) is 14.2. The smallest absolute Gasteiger partial charge is 0.330 e. The molecule has 1 atom stereocenters. The minimum Gasteiger partial charge on any atom is -0.330 e. The standard InChI is InChI=1S/C14H14FNO4/c1-9(8-10-2-4-11(15)5-3-10)14(19)20-16-12(17)6-7-13(16)18/h2-5,9H,6-8H2,1H3. The summed E-state index contributed by atoms with van der Waals surface area (Å²) in [6.45, 7) is 1.62. The predicted octanol–water partition coefficient (Wildman–Crippen LogP) is 1.61. The molecule has 2 rings (SSSR count). The quantitative estimate of drug-likeness (QED) is 0.785. The van der Waals surface area contributed by atoms with E-state index in [0.717, 1.165) is 5.56 Å². The number of carbonyl (C=O) groups is 3. The second-order valence-corrected chi connectivity index (χ2v) is 4.72. The van der Waals surface area contributed by atoms with Crippen molar-refractivity contribution in [2.45, 2.75) is 26.2 Å². The largest absolute Gasteiger partial charge is 0.336 e. The number of hydroxylamine groups is 2. The van der Waals surface area contributed by atoms with E-state index in [0.29, 0.717) is 11.5 Å². The third-order valence-electron chi connectivity index (χ3n) is 3.04. The molecule has 0 radical (unpaired) electrons. The molecule has 6 heteroatoms. The second kappa shape index (κ2) is 5.81. The van der Waals surface area contributed by atoms with Gasteiger partial charge in [-0.1, -0.05) is 19.1 Å². The molecule has 0 saturated carbocycles. The normalized spacial score (nSPS) is 16.4. The minimum atomic E-state index is -0.655. The van der Waals surface area contributed by atoms with Crippen molar-refractivity contribution in [2.24, 2.45) is 5.92 Å². The van der Waals surface area contributed by atoms with Crippen LogP contribution in [0.15, 0.2) is 24.3 Å². The van der Waals surface area contributed by atoms with Gasteiger partial charge >= 0.3 is 5.97 Å². The molecule has 0 aliphatic carbocycles. The zero-order valence-electron chi connectivity index (χ0n) is 11.0. The molecule has 2 amide bonds. The van der Waals surface area contributed by atoms with Gasteiger partial charge < -0.3 is 4.84 Å². The van der Waals surface area contributed by atoms with Gasteiger partial charge in [0, 0.05) is 12.8 Å². The lowest BCUT2D eigenvalue weighted by Gasteiger charge is -2.16. The van der Waals surface area contributed by atoms with Gasteiger partial charge in [0.2, 0.25) is 0 Å². The highest BCUT2D eigenvalue weighted by Gasteiger charge is 2.33. The Labute approximate surface area is 115 Å². The molecule has 1 saturated heterocycles. The summed E-state index contributed by atoms with van der Waals surface area (Å²) in [5.41, 5.74) is 0.773. The van der Waals surface area contributed by atoms with Crippen molar-refractivity contribution in [3.05, 3.63) is 35.6 Å². The van der Waals surface area contributed by atoms with Crippen LogP contribution in [0.1, 0.15) is 25.3 Å². The molecular formula is C14H14FNO4. The van der Waals surface area contributed by atoms with Crippen molar-refractivity contribution < 1.29 is 23.6 Å². The van der Waals surface area contributed by atoms with Crippen LogP contribution in [-0.2, 0) is 25.6 Å². The molecule has 0 N–H and O–H groups in total. The van der Waals surface area contributed by atoms with Gasteiger partial charge in [0.05, 0.1) is 5.92 Å². The van der Waals surface area contributed by atoms with Crippen molar-refractivity contribution in [3.63, 3.8) is 0 Å². The first-order chi connectivity index (χ1) is 9.47. The number of carbonyl (C=O) groups excluding carboxylic acids is 3. The fourth-order valence-electron chi connectivity index (χ4n) is 1.90. The molecule has 0 bridgehead atoms. The van der Waals surface area contributed by atoms with Gasteiger partial charge in [0.1, 0.15) is 5.82 Å². The van der Waals surface area contributed by atoms with E-state index in [1.165, 1.54) is 12.1 Å². The maximum absolute atomic E-state index is 12.8. The van der Waals surface area contributed by atoms with Crippen LogP contribution in [0.4, 0.5) is 4.39 Å². The monoisotopic (exact) mass is 279 g/mol. The molecule has 0 spiro atoms. The molecule has 5 nitrogen and oxygen atoms in total. The number of rotatable bonds is 4. The van der Waals surface area contributed by atoms with Crippen LogP contribution in [0.3, 0.4) is 0 Å². The highest BCUT2D eigenvalue weighted by molar-refractivity contribution is 6.01. The highest BCUT2D eigenvalue weighted by atomic mass is 19.1. The number of nitrogens with zero attached hydrogens (tertiary/aromatic N) is 1. The molecule has 1 unspecified atom stereocenters. The molecule has 1 aliphatic heterocycles. The van der Waals surface area contributed by atoms with E-state index in [2.05, 4.69) is 0 Å². The molecule has 106 valence electrons. The number of halogens is 1. The molecule has 0 aromatic heterocycles. The van der Waals surface area contributed by atoms with Gasteiger partial charge in [-0.25, -0.2) is 9.18 Å². The Morgan fingerprint density at radius 3 is 2.35 bits per heavy atom.